The molecule has 2 heterocycles. The van der Waals surface area contributed by atoms with Gasteiger partial charge in [-0.3, -0.25) is 0 Å². The zero-order chi connectivity index (χ0) is 13.7. The molecule has 2 aromatic rings. The fourth-order valence-corrected chi connectivity index (χ4v) is 1.96. The summed E-state index contributed by atoms with van der Waals surface area (Å²) in [5.41, 5.74) is 2.06. The number of hydrogen-bond donors (Lipinski definition) is 1. The van der Waals surface area contributed by atoms with E-state index in [1.54, 1.807) is 6.20 Å². The van der Waals surface area contributed by atoms with Gasteiger partial charge in [-0.2, -0.15) is 0 Å². The lowest BCUT2D eigenvalue weighted by Gasteiger charge is -2.17. The van der Waals surface area contributed by atoms with E-state index in [-0.39, 0.29) is 6.04 Å². The minimum atomic E-state index is -0.0628. The van der Waals surface area contributed by atoms with Gasteiger partial charge in [-0.05, 0) is 25.5 Å². The van der Waals surface area contributed by atoms with Crippen LogP contribution in [0.15, 0.2) is 18.6 Å². The van der Waals surface area contributed by atoms with Crippen LogP contribution in [0, 0.1) is 6.92 Å². The van der Waals surface area contributed by atoms with E-state index in [1.807, 2.05) is 24.0 Å². The van der Waals surface area contributed by atoms with E-state index in [4.69, 9.17) is 0 Å². The maximum Gasteiger partial charge on any atom is 0.151 e. The number of aromatic nitrogens is 5. The van der Waals surface area contributed by atoms with E-state index in [2.05, 4.69) is 39.4 Å². The number of rotatable bonds is 6. The Balaban J connectivity index is 2.33. The Morgan fingerprint density at radius 2 is 1.95 bits per heavy atom. The van der Waals surface area contributed by atoms with Gasteiger partial charge in [0.05, 0.1) is 11.9 Å². The first-order valence-electron chi connectivity index (χ1n) is 6.66. The van der Waals surface area contributed by atoms with Gasteiger partial charge in [-0.1, -0.05) is 19.1 Å². The average molecular weight is 260 g/mol. The first kappa shape index (κ1) is 13.6. The van der Waals surface area contributed by atoms with Gasteiger partial charge in [0, 0.05) is 18.9 Å². The molecule has 0 amide bonds. The summed E-state index contributed by atoms with van der Waals surface area (Å²) in [6.45, 7) is 7.85. The molecule has 2 aromatic heterocycles. The molecule has 0 aromatic carbocycles. The number of nitrogens with zero attached hydrogens (tertiary/aromatic N) is 5. The van der Waals surface area contributed by atoms with Gasteiger partial charge in [-0.15, -0.1) is 5.10 Å². The lowest BCUT2D eigenvalue weighted by atomic mass is 10.2. The summed E-state index contributed by atoms with van der Waals surface area (Å²) in [4.78, 5) is 8.82. The van der Waals surface area contributed by atoms with E-state index in [0.717, 1.165) is 36.6 Å². The van der Waals surface area contributed by atoms with E-state index in [9.17, 15) is 0 Å². The Morgan fingerprint density at radius 1 is 1.21 bits per heavy atom. The van der Waals surface area contributed by atoms with Crippen LogP contribution in [0.4, 0.5) is 0 Å². The van der Waals surface area contributed by atoms with Crippen LogP contribution in [-0.4, -0.2) is 31.5 Å². The molecular weight excluding hydrogens is 240 g/mol. The second-order valence-electron chi connectivity index (χ2n) is 4.49. The molecule has 0 aliphatic heterocycles. The molecule has 0 bridgehead atoms. The van der Waals surface area contributed by atoms with Gasteiger partial charge in [-0.25, -0.2) is 14.6 Å². The van der Waals surface area contributed by atoms with Crippen molar-refractivity contribution in [2.45, 2.75) is 39.8 Å². The van der Waals surface area contributed by atoms with Crippen LogP contribution in [0.5, 0.6) is 0 Å². The second kappa shape index (κ2) is 6.38. The fraction of sp³-hybridized carbons (Fsp3) is 0.538. The van der Waals surface area contributed by atoms with Crippen LogP contribution in [0.2, 0.25) is 0 Å². The third-order valence-corrected chi connectivity index (χ3v) is 2.85. The predicted octanol–water partition coefficient (Wildman–Crippen LogP) is 1.49. The van der Waals surface area contributed by atoms with Gasteiger partial charge < -0.3 is 5.32 Å². The molecule has 0 saturated heterocycles. The molecular formula is C13H20N6. The topological polar surface area (TPSA) is 68.5 Å². The van der Waals surface area contributed by atoms with Crippen LogP contribution >= 0.6 is 0 Å². The molecule has 0 aliphatic rings. The third kappa shape index (κ3) is 3.14. The summed E-state index contributed by atoms with van der Waals surface area (Å²) in [5.74, 6) is 0.757. The van der Waals surface area contributed by atoms with Crippen LogP contribution in [0.1, 0.15) is 43.4 Å². The smallest absolute Gasteiger partial charge is 0.151 e. The van der Waals surface area contributed by atoms with Gasteiger partial charge in [0.15, 0.2) is 5.82 Å². The van der Waals surface area contributed by atoms with Crippen molar-refractivity contribution >= 4 is 0 Å². The monoisotopic (exact) mass is 260 g/mol. The van der Waals surface area contributed by atoms with Crippen LogP contribution in [-0.2, 0) is 6.54 Å². The van der Waals surface area contributed by atoms with Gasteiger partial charge in [0.1, 0.15) is 6.04 Å². The van der Waals surface area contributed by atoms with Crippen molar-refractivity contribution in [3.63, 3.8) is 0 Å². The summed E-state index contributed by atoms with van der Waals surface area (Å²) in [7, 11) is 0. The van der Waals surface area contributed by atoms with E-state index in [1.165, 1.54) is 0 Å². The minimum Gasteiger partial charge on any atom is -0.303 e. The highest BCUT2D eigenvalue weighted by Crippen LogP contribution is 2.17. The van der Waals surface area contributed by atoms with Crippen molar-refractivity contribution in [1.29, 1.82) is 0 Å². The zero-order valence-corrected chi connectivity index (χ0v) is 11.7. The Hall–Kier alpha value is -1.82. The zero-order valence-electron chi connectivity index (χ0n) is 11.7. The normalized spacial score (nSPS) is 12.6. The quantitative estimate of drug-likeness (QED) is 0.852. The first-order valence-corrected chi connectivity index (χ1v) is 6.66. The van der Waals surface area contributed by atoms with Gasteiger partial charge in [0.2, 0.25) is 0 Å². The summed E-state index contributed by atoms with van der Waals surface area (Å²) in [6, 6.07) is -0.0628. The highest BCUT2D eigenvalue weighted by Gasteiger charge is 2.20. The van der Waals surface area contributed by atoms with Crippen molar-refractivity contribution in [2.24, 2.45) is 0 Å². The summed E-state index contributed by atoms with van der Waals surface area (Å²) in [6.07, 6.45) is 6.47. The first-order chi connectivity index (χ1) is 9.26. The van der Waals surface area contributed by atoms with Crippen LogP contribution in [0.25, 0.3) is 0 Å². The van der Waals surface area contributed by atoms with E-state index < -0.39 is 0 Å². The van der Waals surface area contributed by atoms with Gasteiger partial charge >= 0.3 is 0 Å². The lowest BCUT2D eigenvalue weighted by molar-refractivity contribution is 0.500. The summed E-state index contributed by atoms with van der Waals surface area (Å²) in [5, 5.41) is 11.5. The Bertz CT molecular complexity index is 504. The molecule has 0 fully saturated rings. The molecule has 0 spiro atoms. The van der Waals surface area contributed by atoms with Crippen LogP contribution < -0.4 is 5.32 Å². The molecule has 102 valence electrons. The van der Waals surface area contributed by atoms with Crippen molar-refractivity contribution in [1.82, 2.24) is 30.3 Å². The molecule has 2 rings (SSSR count). The third-order valence-electron chi connectivity index (χ3n) is 2.85. The molecule has 0 saturated carbocycles. The highest BCUT2D eigenvalue weighted by atomic mass is 15.4. The van der Waals surface area contributed by atoms with E-state index >= 15 is 0 Å². The number of aryl methyl sites for hydroxylation is 2. The average Bonchev–Trinajstić information content (AvgIpc) is 2.86. The lowest BCUT2D eigenvalue weighted by Crippen LogP contribution is -2.26. The molecule has 1 unspecified atom stereocenters. The molecule has 1 atom stereocenters. The van der Waals surface area contributed by atoms with Crippen LogP contribution in [0.3, 0.4) is 0 Å². The maximum atomic E-state index is 4.41. The SMILES string of the molecule is CCCn1nncc1C(NCC)c1ncc(C)cn1. The minimum absolute atomic E-state index is 0.0628. The second-order valence-corrected chi connectivity index (χ2v) is 4.49. The number of hydrogen-bond acceptors (Lipinski definition) is 5. The van der Waals surface area contributed by atoms with Crippen molar-refractivity contribution in [3.8, 4) is 0 Å². The Labute approximate surface area is 113 Å². The van der Waals surface area contributed by atoms with Crippen molar-refractivity contribution in [2.75, 3.05) is 6.54 Å². The molecule has 0 aliphatic carbocycles. The molecule has 6 heteroatoms. The highest BCUT2D eigenvalue weighted by molar-refractivity contribution is 5.15. The number of nitrogens with one attached hydrogen (secondary N) is 1. The van der Waals surface area contributed by atoms with Gasteiger partial charge in [0.25, 0.3) is 0 Å². The Kier molecular flexibility index (Phi) is 4.57. The summed E-state index contributed by atoms with van der Waals surface area (Å²) < 4.78 is 1.91. The predicted molar refractivity (Wildman–Crippen MR) is 72.6 cm³/mol. The maximum absolute atomic E-state index is 4.41. The fourth-order valence-electron chi connectivity index (χ4n) is 1.96. The standard InChI is InChI=1S/C13H20N6/c1-4-6-19-11(9-17-18-19)12(14-5-2)13-15-7-10(3)8-16-13/h7-9,12,14H,4-6H2,1-3H3. The van der Waals surface area contributed by atoms with Crippen molar-refractivity contribution < 1.29 is 0 Å². The largest absolute Gasteiger partial charge is 0.303 e. The Morgan fingerprint density at radius 3 is 2.58 bits per heavy atom. The van der Waals surface area contributed by atoms with Crippen molar-refractivity contribution in [3.05, 3.63) is 35.7 Å². The summed E-state index contributed by atoms with van der Waals surface area (Å²) >= 11 is 0. The molecule has 6 nitrogen and oxygen atoms in total. The molecule has 0 radical (unpaired) electrons. The van der Waals surface area contributed by atoms with E-state index in [0.29, 0.717) is 0 Å². The molecule has 1 N–H and O–H groups in total. The molecule has 19 heavy (non-hydrogen) atoms.